The highest BCUT2D eigenvalue weighted by Gasteiger charge is 2.16. The van der Waals surface area contributed by atoms with Crippen LogP contribution in [0.25, 0.3) is 0 Å². The molecule has 1 aromatic carbocycles. The van der Waals surface area contributed by atoms with Crippen LogP contribution in [0.1, 0.15) is 16.1 Å². The van der Waals surface area contributed by atoms with Crippen LogP contribution in [0, 0.1) is 11.6 Å². The van der Waals surface area contributed by atoms with Gasteiger partial charge in [0.2, 0.25) is 0 Å². The van der Waals surface area contributed by atoms with Crippen LogP contribution in [0.5, 0.6) is 0 Å². The van der Waals surface area contributed by atoms with Crippen LogP contribution < -0.4 is 5.73 Å². The van der Waals surface area contributed by atoms with Crippen LogP contribution in [-0.2, 0) is 11.3 Å². The summed E-state index contributed by atoms with van der Waals surface area (Å²) in [5.74, 6) is -1.80. The van der Waals surface area contributed by atoms with Crippen molar-refractivity contribution >= 4 is 11.7 Å². The van der Waals surface area contributed by atoms with Crippen molar-refractivity contribution in [1.82, 2.24) is 9.78 Å². The molecule has 0 saturated heterocycles. The van der Waals surface area contributed by atoms with Gasteiger partial charge in [0.15, 0.2) is 5.69 Å². The summed E-state index contributed by atoms with van der Waals surface area (Å²) in [7, 11) is 1.20. The first-order chi connectivity index (χ1) is 9.01. The Morgan fingerprint density at radius 2 is 2.21 bits per heavy atom. The Balaban J connectivity index is 2.29. The third-order valence-electron chi connectivity index (χ3n) is 2.51. The molecule has 2 rings (SSSR count). The number of esters is 1. The number of hydrogen-bond acceptors (Lipinski definition) is 4. The monoisotopic (exact) mass is 267 g/mol. The number of carbonyl (C=O) groups excluding carboxylic acids is 1. The first kappa shape index (κ1) is 13.0. The van der Waals surface area contributed by atoms with Crippen LogP contribution in [0.3, 0.4) is 0 Å². The minimum Gasteiger partial charge on any atom is -0.464 e. The first-order valence-corrected chi connectivity index (χ1v) is 5.36. The molecule has 100 valence electrons. The number of aromatic nitrogens is 2. The minimum atomic E-state index is -0.684. The van der Waals surface area contributed by atoms with Crippen LogP contribution in [0.4, 0.5) is 14.5 Å². The number of methoxy groups -OCH3 is 1. The number of nitrogens with two attached hydrogens (primary N) is 1. The van der Waals surface area contributed by atoms with Crippen molar-refractivity contribution in [3.8, 4) is 0 Å². The molecule has 0 atom stereocenters. The smallest absolute Gasteiger partial charge is 0.360 e. The maximum absolute atomic E-state index is 13.5. The molecule has 0 aliphatic rings. The molecule has 0 radical (unpaired) electrons. The number of nitrogens with zero attached hydrogens (tertiary/aromatic N) is 2. The van der Waals surface area contributed by atoms with Crippen molar-refractivity contribution in [2.45, 2.75) is 6.54 Å². The molecule has 0 amide bonds. The molecule has 19 heavy (non-hydrogen) atoms. The second-order valence-corrected chi connectivity index (χ2v) is 3.86. The molecule has 0 aliphatic carbocycles. The Kier molecular flexibility index (Phi) is 3.46. The number of carbonyl (C=O) groups is 1. The van der Waals surface area contributed by atoms with Gasteiger partial charge in [-0.2, -0.15) is 5.10 Å². The van der Waals surface area contributed by atoms with E-state index in [2.05, 4.69) is 9.84 Å². The molecule has 0 aliphatic heterocycles. The lowest BCUT2D eigenvalue weighted by Crippen LogP contribution is -2.07. The molecule has 0 unspecified atom stereocenters. The summed E-state index contributed by atoms with van der Waals surface area (Å²) in [6.45, 7) is -0.0369. The van der Waals surface area contributed by atoms with E-state index in [1.54, 1.807) is 0 Å². The lowest BCUT2D eigenvalue weighted by molar-refractivity contribution is 0.0594. The van der Waals surface area contributed by atoms with Gasteiger partial charge in [0.05, 0.1) is 19.3 Å². The van der Waals surface area contributed by atoms with Crippen LogP contribution in [-0.4, -0.2) is 22.9 Å². The fraction of sp³-hybridized carbons (Fsp3) is 0.167. The van der Waals surface area contributed by atoms with E-state index in [1.165, 1.54) is 18.0 Å². The van der Waals surface area contributed by atoms with Gasteiger partial charge >= 0.3 is 5.97 Å². The summed E-state index contributed by atoms with van der Waals surface area (Å²) in [4.78, 5) is 11.3. The normalized spacial score (nSPS) is 10.5. The highest BCUT2D eigenvalue weighted by atomic mass is 19.1. The van der Waals surface area contributed by atoms with Crippen molar-refractivity contribution in [3.05, 3.63) is 47.3 Å². The third kappa shape index (κ3) is 2.70. The molecule has 0 bridgehead atoms. The fourth-order valence-electron chi connectivity index (χ4n) is 1.61. The summed E-state index contributed by atoms with van der Waals surface area (Å²) < 4.78 is 32.2. The number of benzene rings is 1. The summed E-state index contributed by atoms with van der Waals surface area (Å²) >= 11 is 0. The average Bonchev–Trinajstić information content (AvgIpc) is 2.74. The molecule has 5 nitrogen and oxygen atoms in total. The standard InChI is InChI=1S/C12H11F2N3O2/c1-19-12(18)11-10(15)6-17(16-11)5-7-4-8(13)2-3-9(7)14/h2-4,6H,5,15H2,1H3. The van der Waals surface area contributed by atoms with Gasteiger partial charge in [-0.05, 0) is 18.2 Å². The molecule has 2 N–H and O–H groups in total. The summed E-state index contributed by atoms with van der Waals surface area (Å²) in [5.41, 5.74) is 5.76. The second-order valence-electron chi connectivity index (χ2n) is 3.86. The lowest BCUT2D eigenvalue weighted by Gasteiger charge is -2.03. The fourth-order valence-corrected chi connectivity index (χ4v) is 1.61. The van der Waals surface area contributed by atoms with Gasteiger partial charge in [-0.25, -0.2) is 13.6 Å². The zero-order valence-electron chi connectivity index (χ0n) is 10.1. The predicted octanol–water partition coefficient (Wildman–Crippen LogP) is 1.58. The summed E-state index contributed by atoms with van der Waals surface area (Å²) in [6.07, 6.45) is 1.36. The quantitative estimate of drug-likeness (QED) is 0.857. The SMILES string of the molecule is COC(=O)c1nn(Cc2cc(F)ccc2F)cc1N. The molecule has 2 aromatic rings. The average molecular weight is 267 g/mol. The Hall–Kier alpha value is -2.44. The van der Waals surface area contributed by atoms with Crippen molar-refractivity contribution in [2.75, 3.05) is 12.8 Å². The number of hydrogen-bond donors (Lipinski definition) is 1. The number of nitrogen functional groups attached to an aromatic ring is 1. The number of halogens is 2. The Labute approximate surface area is 107 Å². The first-order valence-electron chi connectivity index (χ1n) is 5.36. The van der Waals surface area contributed by atoms with Gasteiger partial charge in [0.1, 0.15) is 11.6 Å². The van der Waals surface area contributed by atoms with E-state index in [1.807, 2.05) is 0 Å². The Morgan fingerprint density at radius 3 is 2.89 bits per heavy atom. The van der Waals surface area contributed by atoms with E-state index in [9.17, 15) is 13.6 Å². The highest BCUT2D eigenvalue weighted by Crippen LogP contribution is 2.14. The highest BCUT2D eigenvalue weighted by molar-refractivity contribution is 5.92. The number of ether oxygens (including phenoxy) is 1. The molecule has 0 spiro atoms. The largest absolute Gasteiger partial charge is 0.464 e. The van der Waals surface area contributed by atoms with Crippen molar-refractivity contribution in [2.24, 2.45) is 0 Å². The van der Waals surface area contributed by atoms with E-state index < -0.39 is 17.6 Å². The van der Waals surface area contributed by atoms with Gasteiger partial charge in [0.25, 0.3) is 0 Å². The van der Waals surface area contributed by atoms with E-state index in [4.69, 9.17) is 5.73 Å². The molecule has 0 fully saturated rings. The zero-order chi connectivity index (χ0) is 14.0. The van der Waals surface area contributed by atoms with Crippen molar-refractivity contribution in [1.29, 1.82) is 0 Å². The van der Waals surface area contributed by atoms with E-state index >= 15 is 0 Å². The van der Waals surface area contributed by atoms with E-state index in [-0.39, 0.29) is 23.5 Å². The molecular weight excluding hydrogens is 256 g/mol. The third-order valence-corrected chi connectivity index (χ3v) is 2.51. The van der Waals surface area contributed by atoms with Gasteiger partial charge in [-0.15, -0.1) is 0 Å². The van der Waals surface area contributed by atoms with Crippen LogP contribution in [0.15, 0.2) is 24.4 Å². The summed E-state index contributed by atoms with van der Waals surface area (Å²) in [5, 5.41) is 3.87. The number of anilines is 1. The summed E-state index contributed by atoms with van der Waals surface area (Å²) in [6, 6.07) is 3.11. The van der Waals surface area contributed by atoms with Gasteiger partial charge < -0.3 is 10.5 Å². The molecule has 0 saturated carbocycles. The van der Waals surface area contributed by atoms with Crippen molar-refractivity contribution < 1.29 is 18.3 Å². The minimum absolute atomic E-state index is 0.0369. The van der Waals surface area contributed by atoms with Crippen LogP contribution in [0.2, 0.25) is 0 Å². The Bertz CT molecular complexity index is 625. The van der Waals surface area contributed by atoms with Crippen LogP contribution >= 0.6 is 0 Å². The topological polar surface area (TPSA) is 70.1 Å². The molecule has 7 heteroatoms. The maximum Gasteiger partial charge on any atom is 0.360 e. The lowest BCUT2D eigenvalue weighted by atomic mass is 10.2. The van der Waals surface area contributed by atoms with E-state index in [0.29, 0.717) is 0 Å². The van der Waals surface area contributed by atoms with Crippen molar-refractivity contribution in [3.63, 3.8) is 0 Å². The molecule has 1 aromatic heterocycles. The van der Waals surface area contributed by atoms with Gasteiger partial charge in [0, 0.05) is 11.8 Å². The van der Waals surface area contributed by atoms with Gasteiger partial charge in [-0.1, -0.05) is 0 Å². The number of rotatable bonds is 3. The van der Waals surface area contributed by atoms with E-state index in [0.717, 1.165) is 18.2 Å². The van der Waals surface area contributed by atoms with Gasteiger partial charge in [-0.3, -0.25) is 4.68 Å². The molecular formula is C12H11F2N3O2. The zero-order valence-corrected chi connectivity index (χ0v) is 10.1. The molecule has 1 heterocycles. The maximum atomic E-state index is 13.5. The Morgan fingerprint density at radius 1 is 1.47 bits per heavy atom. The second kappa shape index (κ2) is 5.05. The predicted molar refractivity (Wildman–Crippen MR) is 63.4 cm³/mol.